The van der Waals surface area contributed by atoms with Crippen LogP contribution >= 0.6 is 0 Å². The molecule has 2 heterocycles. The summed E-state index contributed by atoms with van der Waals surface area (Å²) < 4.78 is 0. The minimum absolute atomic E-state index is 0.129. The van der Waals surface area contributed by atoms with Crippen LogP contribution in [0.5, 0.6) is 0 Å². The molecule has 0 spiro atoms. The molecule has 2 aromatic rings. The van der Waals surface area contributed by atoms with Crippen LogP contribution in [0.4, 0.5) is 0 Å². The van der Waals surface area contributed by atoms with Crippen molar-refractivity contribution in [2.75, 3.05) is 0 Å². The fourth-order valence-electron chi connectivity index (χ4n) is 2.88. The van der Waals surface area contributed by atoms with Crippen LogP contribution in [0.2, 0.25) is 0 Å². The Labute approximate surface area is 115 Å². The largest absolute Gasteiger partial charge is 0.346 e. The van der Waals surface area contributed by atoms with Crippen molar-refractivity contribution in [2.24, 2.45) is 5.41 Å². The molecule has 0 radical (unpaired) electrons. The Bertz CT molecular complexity index is 546. The molecule has 0 saturated carbocycles. The second-order valence-corrected chi connectivity index (χ2v) is 7.19. The summed E-state index contributed by atoms with van der Waals surface area (Å²) in [6.07, 6.45) is 5.01. The molecular formula is C16H25N3. The highest BCUT2D eigenvalue weighted by molar-refractivity contribution is 5.79. The number of nitrogens with one attached hydrogen (secondary N) is 2. The van der Waals surface area contributed by atoms with E-state index in [0.717, 1.165) is 18.6 Å². The van der Waals surface area contributed by atoms with E-state index in [9.17, 15) is 0 Å². The highest BCUT2D eigenvalue weighted by Gasteiger charge is 2.24. The van der Waals surface area contributed by atoms with E-state index in [1.54, 1.807) is 0 Å². The lowest BCUT2D eigenvalue weighted by Gasteiger charge is -2.33. The molecule has 2 N–H and O–H groups in total. The summed E-state index contributed by atoms with van der Waals surface area (Å²) in [6.45, 7) is 12.3. The summed E-state index contributed by atoms with van der Waals surface area (Å²) in [5.74, 6) is 0. The van der Waals surface area contributed by atoms with Crippen molar-refractivity contribution in [1.29, 1.82) is 0 Å². The van der Waals surface area contributed by atoms with Gasteiger partial charge in [0.2, 0.25) is 0 Å². The van der Waals surface area contributed by atoms with Crippen LogP contribution in [0.3, 0.4) is 0 Å². The molecular weight excluding hydrogens is 234 g/mol. The number of hydrogen-bond acceptors (Lipinski definition) is 2. The molecule has 0 amide bonds. The lowest BCUT2D eigenvalue weighted by atomic mass is 9.82. The summed E-state index contributed by atoms with van der Waals surface area (Å²) in [5, 5.41) is 4.87. The van der Waals surface area contributed by atoms with Crippen molar-refractivity contribution in [3.8, 4) is 0 Å². The van der Waals surface area contributed by atoms with Crippen LogP contribution in [0.25, 0.3) is 11.0 Å². The average Bonchev–Trinajstić information content (AvgIpc) is 2.66. The zero-order chi connectivity index (χ0) is 14.1. The molecule has 3 heteroatoms. The van der Waals surface area contributed by atoms with Gasteiger partial charge in [-0.3, -0.25) is 0 Å². The van der Waals surface area contributed by atoms with Crippen LogP contribution in [-0.4, -0.2) is 15.5 Å². The number of aromatic nitrogens is 2. The number of aromatic amines is 1. The van der Waals surface area contributed by atoms with E-state index in [4.69, 9.17) is 0 Å². The van der Waals surface area contributed by atoms with E-state index in [0.29, 0.717) is 5.41 Å². The molecule has 0 bridgehead atoms. The Morgan fingerprint density at radius 2 is 1.95 bits per heavy atom. The number of hydrogen-bond donors (Lipinski definition) is 2. The second kappa shape index (κ2) is 4.97. The molecule has 0 fully saturated rings. The van der Waals surface area contributed by atoms with Gasteiger partial charge in [-0.2, -0.15) is 0 Å². The third kappa shape index (κ3) is 3.80. The summed E-state index contributed by atoms with van der Waals surface area (Å²) in [7, 11) is 0. The van der Waals surface area contributed by atoms with Gasteiger partial charge < -0.3 is 10.3 Å². The van der Waals surface area contributed by atoms with Crippen molar-refractivity contribution >= 4 is 11.0 Å². The molecule has 3 nitrogen and oxygen atoms in total. The molecule has 0 aliphatic rings. The first-order chi connectivity index (χ1) is 8.77. The Hall–Kier alpha value is -1.35. The summed E-state index contributed by atoms with van der Waals surface area (Å²) in [5.41, 5.74) is 2.71. The minimum Gasteiger partial charge on any atom is -0.346 e. The van der Waals surface area contributed by atoms with Crippen molar-refractivity contribution in [3.05, 3.63) is 30.1 Å². The first kappa shape index (κ1) is 14.1. The number of fused-ring (bicyclic) bond motifs is 1. The molecule has 0 unspecified atom stereocenters. The van der Waals surface area contributed by atoms with Gasteiger partial charge >= 0.3 is 0 Å². The van der Waals surface area contributed by atoms with Gasteiger partial charge in [0.15, 0.2) is 0 Å². The molecule has 104 valence electrons. The smallest absolute Gasteiger partial charge is 0.137 e. The van der Waals surface area contributed by atoms with Gasteiger partial charge in [-0.25, -0.2) is 4.98 Å². The average molecular weight is 259 g/mol. The van der Waals surface area contributed by atoms with Gasteiger partial charge in [0, 0.05) is 29.9 Å². The minimum atomic E-state index is 0.129. The molecule has 0 aromatic carbocycles. The highest BCUT2D eigenvalue weighted by atomic mass is 15.0. The van der Waals surface area contributed by atoms with Gasteiger partial charge in [-0.05, 0) is 43.4 Å². The fraction of sp³-hybridized carbons (Fsp3) is 0.562. The van der Waals surface area contributed by atoms with E-state index < -0.39 is 0 Å². The molecule has 2 aromatic heterocycles. The lowest BCUT2D eigenvalue weighted by molar-refractivity contribution is 0.241. The molecule has 2 rings (SSSR count). The van der Waals surface area contributed by atoms with Gasteiger partial charge in [0.25, 0.3) is 0 Å². The van der Waals surface area contributed by atoms with E-state index in [1.807, 2.05) is 12.3 Å². The van der Waals surface area contributed by atoms with Crippen LogP contribution in [0.15, 0.2) is 24.5 Å². The first-order valence-corrected chi connectivity index (χ1v) is 6.93. The van der Waals surface area contributed by atoms with Crippen molar-refractivity contribution < 1.29 is 0 Å². The summed E-state index contributed by atoms with van der Waals surface area (Å²) >= 11 is 0. The normalized spacial score (nSPS) is 13.1. The molecule has 0 atom stereocenters. The number of H-pyrrole nitrogens is 1. The van der Waals surface area contributed by atoms with Crippen LogP contribution in [0.1, 0.15) is 46.6 Å². The maximum absolute atomic E-state index is 4.32. The van der Waals surface area contributed by atoms with Crippen molar-refractivity contribution in [3.63, 3.8) is 0 Å². The molecule has 0 saturated heterocycles. The predicted octanol–water partition coefficient (Wildman–Crippen LogP) is 3.87. The maximum Gasteiger partial charge on any atom is 0.137 e. The fourth-order valence-corrected chi connectivity index (χ4v) is 2.88. The van der Waals surface area contributed by atoms with Gasteiger partial charge in [0.05, 0.1) is 0 Å². The van der Waals surface area contributed by atoms with Crippen molar-refractivity contribution in [1.82, 2.24) is 15.3 Å². The standard InChI is InChI=1S/C16H25N3/c1-15(2,3)11-16(4,5)19-10-12-9-18-14-13(12)7-6-8-17-14/h6-9,19H,10-11H2,1-5H3,(H,17,18). The van der Waals surface area contributed by atoms with E-state index in [-0.39, 0.29) is 5.54 Å². The van der Waals surface area contributed by atoms with Gasteiger partial charge in [-0.1, -0.05) is 20.8 Å². The maximum atomic E-state index is 4.32. The number of rotatable bonds is 4. The van der Waals surface area contributed by atoms with E-state index >= 15 is 0 Å². The van der Waals surface area contributed by atoms with Gasteiger partial charge in [0.1, 0.15) is 5.65 Å². The number of pyridine rings is 1. The Balaban J connectivity index is 2.06. The van der Waals surface area contributed by atoms with E-state index in [1.165, 1.54) is 10.9 Å². The highest BCUT2D eigenvalue weighted by Crippen LogP contribution is 2.27. The zero-order valence-corrected chi connectivity index (χ0v) is 12.7. The first-order valence-electron chi connectivity index (χ1n) is 6.93. The third-order valence-corrected chi connectivity index (χ3v) is 3.27. The summed E-state index contributed by atoms with van der Waals surface area (Å²) in [4.78, 5) is 7.54. The quantitative estimate of drug-likeness (QED) is 0.875. The topological polar surface area (TPSA) is 40.7 Å². The van der Waals surface area contributed by atoms with Crippen LogP contribution in [-0.2, 0) is 6.54 Å². The molecule has 0 aliphatic carbocycles. The SMILES string of the molecule is CC(C)(C)CC(C)(C)NCc1c[nH]c2ncccc12. The van der Waals surface area contributed by atoms with Gasteiger partial charge in [-0.15, -0.1) is 0 Å². The van der Waals surface area contributed by atoms with Crippen LogP contribution < -0.4 is 5.32 Å². The number of nitrogens with zero attached hydrogens (tertiary/aromatic N) is 1. The monoisotopic (exact) mass is 259 g/mol. The predicted molar refractivity (Wildman–Crippen MR) is 81.1 cm³/mol. The van der Waals surface area contributed by atoms with Crippen molar-refractivity contribution in [2.45, 2.75) is 53.1 Å². The Kier molecular flexibility index (Phi) is 3.68. The Morgan fingerprint density at radius 3 is 2.63 bits per heavy atom. The summed E-state index contributed by atoms with van der Waals surface area (Å²) in [6, 6.07) is 4.10. The second-order valence-electron chi connectivity index (χ2n) is 7.19. The Morgan fingerprint density at radius 1 is 1.21 bits per heavy atom. The third-order valence-electron chi connectivity index (χ3n) is 3.27. The van der Waals surface area contributed by atoms with Crippen LogP contribution in [0, 0.1) is 5.41 Å². The van der Waals surface area contributed by atoms with E-state index in [2.05, 4.69) is 62.2 Å². The molecule has 19 heavy (non-hydrogen) atoms. The molecule has 0 aliphatic heterocycles. The zero-order valence-electron chi connectivity index (χ0n) is 12.7. The lowest BCUT2D eigenvalue weighted by Crippen LogP contribution is -2.41.